The topological polar surface area (TPSA) is 95.1 Å². The molecule has 0 saturated heterocycles. The van der Waals surface area contributed by atoms with Gasteiger partial charge in [0.15, 0.2) is 5.82 Å². The quantitative estimate of drug-likeness (QED) is 0.808. The van der Waals surface area contributed by atoms with Gasteiger partial charge in [-0.25, -0.2) is 0 Å². The first-order valence-electron chi connectivity index (χ1n) is 7.79. The van der Waals surface area contributed by atoms with Gasteiger partial charge in [-0.2, -0.15) is 5.10 Å². The molecule has 1 aromatic heterocycles. The number of nitrogens with zero attached hydrogens (tertiary/aromatic N) is 1. The van der Waals surface area contributed by atoms with E-state index in [1.165, 1.54) is 0 Å². The van der Waals surface area contributed by atoms with Crippen LogP contribution < -0.4 is 5.32 Å². The number of aromatic nitrogens is 2. The summed E-state index contributed by atoms with van der Waals surface area (Å²) < 4.78 is 0. The molecular formula is C17H19N3O3. The first-order chi connectivity index (χ1) is 11.1. The molecule has 1 fully saturated rings. The molecule has 23 heavy (non-hydrogen) atoms. The molecule has 2 unspecified atom stereocenters. The van der Waals surface area contributed by atoms with Gasteiger partial charge in [-0.05, 0) is 18.4 Å². The van der Waals surface area contributed by atoms with Gasteiger partial charge in [-0.15, -0.1) is 0 Å². The minimum absolute atomic E-state index is 0.261. The number of carboxylic acid groups (broad SMARTS) is 1. The third-order valence-electron chi connectivity index (χ3n) is 4.33. The van der Waals surface area contributed by atoms with E-state index in [-0.39, 0.29) is 5.91 Å². The minimum atomic E-state index is -0.892. The van der Waals surface area contributed by atoms with Gasteiger partial charge in [0, 0.05) is 6.07 Å². The zero-order valence-corrected chi connectivity index (χ0v) is 12.7. The molecule has 2 aromatic rings. The van der Waals surface area contributed by atoms with E-state index in [1.807, 2.05) is 30.3 Å². The molecule has 1 amide bonds. The second-order valence-corrected chi connectivity index (χ2v) is 5.86. The lowest BCUT2D eigenvalue weighted by Gasteiger charge is -2.27. The fourth-order valence-electron chi connectivity index (χ4n) is 3.11. The molecule has 1 aliphatic carbocycles. The molecule has 6 nitrogen and oxygen atoms in total. The largest absolute Gasteiger partial charge is 0.481 e. The van der Waals surface area contributed by atoms with Crippen molar-refractivity contribution in [1.82, 2.24) is 10.2 Å². The average Bonchev–Trinajstić information content (AvgIpc) is 3.04. The molecule has 1 aliphatic rings. The summed E-state index contributed by atoms with van der Waals surface area (Å²) in [6, 6.07) is 11.4. The Bertz CT molecular complexity index is 696. The Balaban J connectivity index is 1.70. The van der Waals surface area contributed by atoms with E-state index in [1.54, 1.807) is 6.07 Å². The summed E-state index contributed by atoms with van der Waals surface area (Å²) in [5.41, 5.74) is 1.78. The number of nitrogens with one attached hydrogen (secondary N) is 2. The number of carbonyl (C=O) groups excluding carboxylic acids is 1. The Morgan fingerprint density at radius 1 is 1.13 bits per heavy atom. The standard InChI is InChI=1S/C17H19N3O3/c21-16(12-8-4-5-9-13(12)17(22)23)18-15-10-14(19-20-15)11-6-2-1-3-7-11/h1-3,6-7,10,12-13H,4-5,8-9H2,(H,22,23)(H2,18,19,20,21). The highest BCUT2D eigenvalue weighted by atomic mass is 16.4. The van der Waals surface area contributed by atoms with Crippen molar-refractivity contribution in [3.05, 3.63) is 36.4 Å². The summed E-state index contributed by atoms with van der Waals surface area (Å²) in [4.78, 5) is 23.7. The molecule has 0 radical (unpaired) electrons. The Morgan fingerprint density at radius 2 is 1.83 bits per heavy atom. The third-order valence-corrected chi connectivity index (χ3v) is 4.33. The maximum Gasteiger partial charge on any atom is 0.307 e. The fraction of sp³-hybridized carbons (Fsp3) is 0.353. The van der Waals surface area contributed by atoms with Crippen LogP contribution in [0.25, 0.3) is 11.3 Å². The number of H-pyrrole nitrogens is 1. The van der Waals surface area contributed by atoms with E-state index in [4.69, 9.17) is 0 Å². The van der Waals surface area contributed by atoms with Crippen molar-refractivity contribution in [1.29, 1.82) is 0 Å². The molecule has 0 aliphatic heterocycles. The van der Waals surface area contributed by atoms with E-state index in [0.717, 1.165) is 24.1 Å². The van der Waals surface area contributed by atoms with E-state index in [9.17, 15) is 14.7 Å². The van der Waals surface area contributed by atoms with Gasteiger partial charge in [0.05, 0.1) is 17.5 Å². The molecule has 1 aromatic carbocycles. The number of aliphatic carboxylic acids is 1. The zero-order chi connectivity index (χ0) is 16.2. The van der Waals surface area contributed by atoms with E-state index in [2.05, 4.69) is 15.5 Å². The van der Waals surface area contributed by atoms with E-state index < -0.39 is 17.8 Å². The van der Waals surface area contributed by atoms with Crippen molar-refractivity contribution >= 4 is 17.7 Å². The minimum Gasteiger partial charge on any atom is -0.481 e. The van der Waals surface area contributed by atoms with Crippen LogP contribution in [0.4, 0.5) is 5.82 Å². The van der Waals surface area contributed by atoms with Gasteiger partial charge >= 0.3 is 5.97 Å². The smallest absolute Gasteiger partial charge is 0.307 e. The van der Waals surface area contributed by atoms with Crippen LogP contribution >= 0.6 is 0 Å². The first kappa shape index (κ1) is 15.3. The predicted molar refractivity (Wildman–Crippen MR) is 85.7 cm³/mol. The molecule has 2 atom stereocenters. The molecule has 1 heterocycles. The highest BCUT2D eigenvalue weighted by molar-refractivity contribution is 5.94. The number of aromatic amines is 1. The molecule has 6 heteroatoms. The van der Waals surface area contributed by atoms with Crippen molar-refractivity contribution in [2.75, 3.05) is 5.32 Å². The summed E-state index contributed by atoms with van der Waals surface area (Å²) in [5, 5.41) is 19.0. The molecule has 0 spiro atoms. The maximum atomic E-state index is 12.4. The number of amides is 1. The average molecular weight is 313 g/mol. The van der Waals surface area contributed by atoms with Crippen molar-refractivity contribution in [2.45, 2.75) is 25.7 Å². The number of rotatable bonds is 4. The highest BCUT2D eigenvalue weighted by Crippen LogP contribution is 2.31. The van der Waals surface area contributed by atoms with Crippen LogP contribution in [0.15, 0.2) is 36.4 Å². The SMILES string of the molecule is O=C(O)C1CCCCC1C(=O)Nc1cc(-c2ccccc2)[nH]n1. The van der Waals surface area contributed by atoms with Crippen LogP contribution in [0.3, 0.4) is 0 Å². The van der Waals surface area contributed by atoms with Crippen molar-refractivity contribution in [2.24, 2.45) is 11.8 Å². The second kappa shape index (κ2) is 6.64. The Morgan fingerprint density at radius 3 is 2.52 bits per heavy atom. The van der Waals surface area contributed by atoms with E-state index in [0.29, 0.717) is 18.7 Å². The molecule has 3 rings (SSSR count). The predicted octanol–water partition coefficient (Wildman–Crippen LogP) is 2.91. The lowest BCUT2D eigenvalue weighted by molar-refractivity contribution is -0.147. The van der Waals surface area contributed by atoms with Crippen LogP contribution in [0.1, 0.15) is 25.7 Å². The number of carbonyl (C=O) groups is 2. The number of carboxylic acids is 1. The lowest BCUT2D eigenvalue weighted by atomic mass is 9.79. The molecule has 3 N–H and O–H groups in total. The van der Waals surface area contributed by atoms with Gasteiger partial charge in [-0.3, -0.25) is 14.7 Å². The normalized spacial score (nSPS) is 20.9. The summed E-state index contributed by atoms with van der Waals surface area (Å²) >= 11 is 0. The third kappa shape index (κ3) is 3.41. The molecule has 0 bridgehead atoms. The molecule has 120 valence electrons. The summed E-state index contributed by atoms with van der Waals surface area (Å²) in [6.07, 6.45) is 2.92. The Labute approximate surface area is 133 Å². The Kier molecular flexibility index (Phi) is 4.41. The van der Waals surface area contributed by atoms with Crippen LogP contribution in [-0.2, 0) is 9.59 Å². The maximum absolute atomic E-state index is 12.4. The number of hydrogen-bond donors (Lipinski definition) is 3. The highest BCUT2D eigenvalue weighted by Gasteiger charge is 2.35. The zero-order valence-electron chi connectivity index (χ0n) is 12.7. The van der Waals surface area contributed by atoms with Gasteiger partial charge in [0.1, 0.15) is 0 Å². The first-order valence-corrected chi connectivity index (χ1v) is 7.79. The van der Waals surface area contributed by atoms with Crippen LogP contribution in [0.2, 0.25) is 0 Å². The molecular weight excluding hydrogens is 294 g/mol. The van der Waals surface area contributed by atoms with Gasteiger partial charge in [0.2, 0.25) is 5.91 Å². The van der Waals surface area contributed by atoms with Gasteiger partial charge in [-0.1, -0.05) is 43.2 Å². The number of hydrogen-bond acceptors (Lipinski definition) is 3. The van der Waals surface area contributed by atoms with Gasteiger partial charge < -0.3 is 10.4 Å². The van der Waals surface area contributed by atoms with Crippen LogP contribution in [0.5, 0.6) is 0 Å². The van der Waals surface area contributed by atoms with Crippen LogP contribution in [0, 0.1) is 11.8 Å². The molecule has 1 saturated carbocycles. The van der Waals surface area contributed by atoms with Crippen molar-refractivity contribution in [3.63, 3.8) is 0 Å². The summed E-state index contributed by atoms with van der Waals surface area (Å²) in [5.74, 6) is -1.82. The summed E-state index contributed by atoms with van der Waals surface area (Å²) in [7, 11) is 0. The van der Waals surface area contributed by atoms with Gasteiger partial charge in [0.25, 0.3) is 0 Å². The van der Waals surface area contributed by atoms with Crippen LogP contribution in [-0.4, -0.2) is 27.2 Å². The monoisotopic (exact) mass is 313 g/mol. The lowest BCUT2D eigenvalue weighted by Crippen LogP contribution is -2.36. The van der Waals surface area contributed by atoms with Crippen molar-refractivity contribution < 1.29 is 14.7 Å². The van der Waals surface area contributed by atoms with E-state index >= 15 is 0 Å². The van der Waals surface area contributed by atoms with Crippen molar-refractivity contribution in [3.8, 4) is 11.3 Å². The number of benzene rings is 1. The fourth-order valence-corrected chi connectivity index (χ4v) is 3.11. The number of anilines is 1. The summed E-state index contributed by atoms with van der Waals surface area (Å²) in [6.45, 7) is 0. The Hall–Kier alpha value is -2.63. The second-order valence-electron chi connectivity index (χ2n) is 5.86.